The SMILES string of the molecule is CCOC(=O)C1Cc2ccc(-c3ccccc3)cc2CN1C(Cc1ccc(C#N)cc1)c1cnc[nH]1.Cl.Cl. The van der Waals surface area contributed by atoms with Crippen LogP contribution in [0.2, 0.25) is 0 Å². The fourth-order valence-corrected chi connectivity index (χ4v) is 4.99. The smallest absolute Gasteiger partial charge is 0.323 e. The lowest BCUT2D eigenvalue weighted by Crippen LogP contribution is -2.48. The van der Waals surface area contributed by atoms with Gasteiger partial charge in [-0.2, -0.15) is 5.26 Å². The topological polar surface area (TPSA) is 82.0 Å². The van der Waals surface area contributed by atoms with Gasteiger partial charge in [-0.15, -0.1) is 24.8 Å². The molecule has 0 aliphatic carbocycles. The van der Waals surface area contributed by atoms with Crippen LogP contribution in [0, 0.1) is 11.3 Å². The molecule has 8 heteroatoms. The number of nitrogens with one attached hydrogen (secondary N) is 1. The number of H-pyrrole nitrogens is 1. The van der Waals surface area contributed by atoms with Gasteiger partial charge in [-0.05, 0) is 65.8 Å². The van der Waals surface area contributed by atoms with E-state index in [2.05, 4.69) is 51.3 Å². The predicted octanol–water partition coefficient (Wildman–Crippen LogP) is 6.07. The van der Waals surface area contributed by atoms with Crippen LogP contribution in [0.1, 0.15) is 40.9 Å². The molecule has 6 nitrogen and oxygen atoms in total. The number of nitrogens with zero attached hydrogens (tertiary/aromatic N) is 3. The van der Waals surface area contributed by atoms with Gasteiger partial charge in [0.1, 0.15) is 6.04 Å². The van der Waals surface area contributed by atoms with Crippen LogP contribution in [-0.4, -0.2) is 33.5 Å². The normalized spacial score (nSPS) is 15.2. The minimum atomic E-state index is -0.410. The lowest BCUT2D eigenvalue weighted by molar-refractivity contribution is -0.151. The van der Waals surface area contributed by atoms with Crippen molar-refractivity contribution in [3.05, 3.63) is 113 Å². The fourth-order valence-electron chi connectivity index (χ4n) is 4.99. The number of imidazole rings is 1. The Morgan fingerprint density at radius 3 is 2.50 bits per heavy atom. The first kappa shape index (κ1) is 28.9. The Hall–Kier alpha value is -3.63. The monoisotopic (exact) mass is 548 g/mol. The number of hydrogen-bond donors (Lipinski definition) is 1. The van der Waals surface area contributed by atoms with E-state index >= 15 is 0 Å². The summed E-state index contributed by atoms with van der Waals surface area (Å²) in [4.78, 5) is 23.0. The van der Waals surface area contributed by atoms with E-state index in [1.807, 2.05) is 55.6 Å². The van der Waals surface area contributed by atoms with E-state index in [0.717, 1.165) is 16.8 Å². The van der Waals surface area contributed by atoms with Crippen molar-refractivity contribution in [1.29, 1.82) is 5.26 Å². The maximum Gasteiger partial charge on any atom is 0.323 e. The molecule has 1 aliphatic rings. The third kappa shape index (κ3) is 6.25. The minimum Gasteiger partial charge on any atom is -0.465 e. The van der Waals surface area contributed by atoms with E-state index in [1.165, 1.54) is 16.7 Å². The number of halogens is 2. The summed E-state index contributed by atoms with van der Waals surface area (Å²) in [6.45, 7) is 2.79. The zero-order valence-corrected chi connectivity index (χ0v) is 22.7. The Labute approximate surface area is 235 Å². The Morgan fingerprint density at radius 1 is 1.08 bits per heavy atom. The van der Waals surface area contributed by atoms with Gasteiger partial charge in [0.15, 0.2) is 0 Å². The molecule has 2 atom stereocenters. The van der Waals surface area contributed by atoms with Crippen LogP contribution in [0.25, 0.3) is 11.1 Å². The van der Waals surface area contributed by atoms with Gasteiger partial charge in [-0.1, -0.05) is 54.6 Å². The van der Waals surface area contributed by atoms with Crippen molar-refractivity contribution < 1.29 is 9.53 Å². The van der Waals surface area contributed by atoms with Gasteiger partial charge >= 0.3 is 5.97 Å². The quantitative estimate of drug-likeness (QED) is 0.283. The van der Waals surface area contributed by atoms with Crippen molar-refractivity contribution in [3.63, 3.8) is 0 Å². The summed E-state index contributed by atoms with van der Waals surface area (Å²) in [5.74, 6) is -0.209. The van der Waals surface area contributed by atoms with Crippen LogP contribution < -0.4 is 0 Å². The molecular weight excluding hydrogens is 519 g/mol. The molecular formula is C30H30Cl2N4O2. The van der Waals surface area contributed by atoms with Crippen molar-refractivity contribution in [2.24, 2.45) is 0 Å². The number of aromatic amines is 1. The molecule has 38 heavy (non-hydrogen) atoms. The zero-order valence-electron chi connectivity index (χ0n) is 21.0. The van der Waals surface area contributed by atoms with Gasteiger partial charge in [0.2, 0.25) is 0 Å². The molecule has 2 heterocycles. The van der Waals surface area contributed by atoms with Gasteiger partial charge in [-0.25, -0.2) is 4.98 Å². The first-order valence-electron chi connectivity index (χ1n) is 12.2. The van der Waals surface area contributed by atoms with Gasteiger partial charge in [0.25, 0.3) is 0 Å². The van der Waals surface area contributed by atoms with Crippen molar-refractivity contribution in [2.45, 2.75) is 38.4 Å². The third-order valence-corrected chi connectivity index (χ3v) is 6.83. The molecule has 1 aromatic heterocycles. The number of hydrogen-bond acceptors (Lipinski definition) is 5. The van der Waals surface area contributed by atoms with E-state index in [-0.39, 0.29) is 36.8 Å². The summed E-state index contributed by atoms with van der Waals surface area (Å²) < 4.78 is 5.53. The van der Waals surface area contributed by atoms with Crippen LogP contribution in [0.15, 0.2) is 85.3 Å². The average Bonchev–Trinajstić information content (AvgIpc) is 3.46. The average molecular weight is 550 g/mol. The molecule has 0 spiro atoms. The van der Waals surface area contributed by atoms with Crippen LogP contribution >= 0.6 is 24.8 Å². The first-order valence-corrected chi connectivity index (χ1v) is 12.2. The van der Waals surface area contributed by atoms with Crippen LogP contribution in [-0.2, 0) is 28.9 Å². The van der Waals surface area contributed by atoms with Gasteiger partial charge in [-0.3, -0.25) is 9.69 Å². The van der Waals surface area contributed by atoms with E-state index < -0.39 is 6.04 Å². The molecule has 0 fully saturated rings. The van der Waals surface area contributed by atoms with E-state index in [4.69, 9.17) is 4.74 Å². The number of ether oxygens (including phenoxy) is 1. The van der Waals surface area contributed by atoms with Crippen LogP contribution in [0.4, 0.5) is 0 Å². The molecule has 1 aliphatic heterocycles. The van der Waals surface area contributed by atoms with Crippen molar-refractivity contribution >= 4 is 30.8 Å². The van der Waals surface area contributed by atoms with E-state index in [0.29, 0.717) is 31.6 Å². The number of esters is 1. The summed E-state index contributed by atoms with van der Waals surface area (Å²) in [5.41, 5.74) is 7.36. The lowest BCUT2D eigenvalue weighted by atomic mass is 9.88. The molecule has 2 unspecified atom stereocenters. The highest BCUT2D eigenvalue weighted by atomic mass is 35.5. The second-order valence-electron chi connectivity index (χ2n) is 9.03. The van der Waals surface area contributed by atoms with Crippen LogP contribution in [0.5, 0.6) is 0 Å². The van der Waals surface area contributed by atoms with E-state index in [1.54, 1.807) is 6.33 Å². The van der Waals surface area contributed by atoms with E-state index in [9.17, 15) is 10.1 Å². The maximum absolute atomic E-state index is 13.2. The molecule has 3 aromatic carbocycles. The van der Waals surface area contributed by atoms with Gasteiger partial charge < -0.3 is 9.72 Å². The molecule has 0 saturated heterocycles. The molecule has 0 radical (unpaired) electrons. The molecule has 1 N–H and O–H groups in total. The summed E-state index contributed by atoms with van der Waals surface area (Å²) in [7, 11) is 0. The Morgan fingerprint density at radius 2 is 1.84 bits per heavy atom. The molecule has 4 aromatic rings. The Balaban J connectivity index is 0.00000200. The van der Waals surface area contributed by atoms with Crippen molar-refractivity contribution in [2.75, 3.05) is 6.61 Å². The lowest BCUT2D eigenvalue weighted by Gasteiger charge is -2.40. The number of fused-ring (bicyclic) bond motifs is 1. The Bertz CT molecular complexity index is 1370. The number of aromatic nitrogens is 2. The Kier molecular flexibility index (Phi) is 10.1. The highest BCUT2D eigenvalue weighted by Crippen LogP contribution is 2.35. The number of rotatable bonds is 7. The second-order valence-corrected chi connectivity index (χ2v) is 9.03. The fraction of sp³-hybridized carbons (Fsp3) is 0.233. The largest absolute Gasteiger partial charge is 0.465 e. The summed E-state index contributed by atoms with van der Waals surface area (Å²) in [6, 6.07) is 26.1. The highest BCUT2D eigenvalue weighted by molar-refractivity contribution is 5.85. The van der Waals surface area contributed by atoms with Gasteiger partial charge in [0.05, 0.1) is 36.3 Å². The highest BCUT2D eigenvalue weighted by Gasteiger charge is 2.38. The molecule has 0 bridgehead atoms. The zero-order chi connectivity index (χ0) is 24.9. The third-order valence-electron chi connectivity index (χ3n) is 6.83. The number of carbonyl (C=O) groups is 1. The molecule has 0 saturated carbocycles. The first-order chi connectivity index (χ1) is 17.7. The second kappa shape index (κ2) is 13.3. The predicted molar refractivity (Wildman–Crippen MR) is 152 cm³/mol. The summed E-state index contributed by atoms with van der Waals surface area (Å²) >= 11 is 0. The molecule has 0 amide bonds. The van der Waals surface area contributed by atoms with Gasteiger partial charge in [0, 0.05) is 12.7 Å². The van der Waals surface area contributed by atoms with Crippen LogP contribution in [0.3, 0.4) is 0 Å². The van der Waals surface area contributed by atoms with Crippen molar-refractivity contribution in [1.82, 2.24) is 14.9 Å². The molecule has 5 rings (SSSR count). The van der Waals surface area contributed by atoms with Crippen molar-refractivity contribution in [3.8, 4) is 17.2 Å². The molecule has 196 valence electrons. The summed E-state index contributed by atoms with van der Waals surface area (Å²) in [5, 5.41) is 9.19. The number of benzene rings is 3. The minimum absolute atomic E-state index is 0. The standard InChI is InChI=1S/C30H28N4O2.2ClH/c1-2-36-30(35)29-16-25-13-12-24(23-6-4-3-5-7-23)15-26(25)19-34(29)28(27-18-32-20-33-27)14-21-8-10-22(17-31)11-9-21;;/h3-13,15,18,20,28-29H,2,14,16,19H2,1H3,(H,32,33);2*1H. The maximum atomic E-state index is 13.2. The number of nitriles is 1. The number of carbonyl (C=O) groups excluding carboxylic acids is 1. The summed E-state index contributed by atoms with van der Waals surface area (Å²) in [6.07, 6.45) is 4.75.